The highest BCUT2D eigenvalue weighted by atomic mass is 32.1. The summed E-state index contributed by atoms with van der Waals surface area (Å²) in [5, 5.41) is 0. The van der Waals surface area contributed by atoms with E-state index in [-0.39, 0.29) is 5.91 Å². The first-order valence-corrected chi connectivity index (χ1v) is 7.84. The minimum absolute atomic E-state index is 0.148. The maximum atomic E-state index is 12.5. The maximum absolute atomic E-state index is 12.5. The Morgan fingerprint density at radius 1 is 1.19 bits per heavy atom. The van der Waals surface area contributed by atoms with E-state index in [1.807, 2.05) is 11.0 Å². The van der Waals surface area contributed by atoms with Gasteiger partial charge in [0.2, 0.25) is 0 Å². The molecule has 0 N–H and O–H groups in total. The Kier molecular flexibility index (Phi) is 3.88. The molecule has 5 nitrogen and oxygen atoms in total. The van der Waals surface area contributed by atoms with Crippen LogP contribution in [0.15, 0.2) is 24.7 Å². The van der Waals surface area contributed by atoms with Crippen LogP contribution in [0, 0.1) is 13.8 Å². The van der Waals surface area contributed by atoms with Crippen LogP contribution in [0.5, 0.6) is 0 Å². The van der Waals surface area contributed by atoms with Gasteiger partial charge in [-0.25, -0.2) is 4.98 Å². The van der Waals surface area contributed by atoms with Gasteiger partial charge in [0.1, 0.15) is 5.82 Å². The molecule has 0 radical (unpaired) electrons. The molecule has 1 amide bonds. The van der Waals surface area contributed by atoms with Crippen molar-refractivity contribution in [2.45, 2.75) is 13.8 Å². The van der Waals surface area contributed by atoms with Crippen LogP contribution in [0.25, 0.3) is 0 Å². The van der Waals surface area contributed by atoms with Crippen LogP contribution in [0.1, 0.15) is 20.1 Å². The lowest BCUT2D eigenvalue weighted by molar-refractivity contribution is 0.0751. The van der Waals surface area contributed by atoms with Gasteiger partial charge in [0, 0.05) is 43.4 Å². The van der Waals surface area contributed by atoms with Crippen molar-refractivity contribution in [3.63, 3.8) is 0 Å². The lowest BCUT2D eigenvalue weighted by Crippen LogP contribution is -2.48. The lowest BCUT2D eigenvalue weighted by atomic mass is 10.2. The average Bonchev–Trinajstić information content (AvgIpc) is 2.87. The Morgan fingerprint density at radius 3 is 2.52 bits per heavy atom. The third-order valence-electron chi connectivity index (χ3n) is 3.82. The SMILES string of the molecule is Cc1cc(C(=O)N2CCN(c3cnccn3)CC2)sc1C. The van der Waals surface area contributed by atoms with Crippen LogP contribution >= 0.6 is 11.3 Å². The lowest BCUT2D eigenvalue weighted by Gasteiger charge is -2.35. The average molecular weight is 302 g/mol. The molecular formula is C15H18N4OS. The van der Waals surface area contributed by atoms with Gasteiger partial charge < -0.3 is 9.80 Å². The highest BCUT2D eigenvalue weighted by molar-refractivity contribution is 7.14. The first-order chi connectivity index (χ1) is 10.1. The summed E-state index contributed by atoms with van der Waals surface area (Å²) in [6.07, 6.45) is 5.14. The van der Waals surface area contributed by atoms with Crippen molar-refractivity contribution in [2.75, 3.05) is 31.1 Å². The summed E-state index contributed by atoms with van der Waals surface area (Å²) in [6, 6.07) is 2.00. The number of nitrogens with zero attached hydrogens (tertiary/aromatic N) is 4. The van der Waals surface area contributed by atoms with E-state index >= 15 is 0 Å². The second-order valence-electron chi connectivity index (χ2n) is 5.19. The number of piperazine rings is 1. The predicted molar refractivity (Wildman–Crippen MR) is 83.9 cm³/mol. The zero-order valence-electron chi connectivity index (χ0n) is 12.2. The number of carbonyl (C=O) groups is 1. The largest absolute Gasteiger partial charge is 0.352 e. The van der Waals surface area contributed by atoms with Crippen molar-refractivity contribution in [1.82, 2.24) is 14.9 Å². The second kappa shape index (κ2) is 5.81. The third kappa shape index (κ3) is 2.90. The van der Waals surface area contributed by atoms with E-state index < -0.39 is 0 Å². The van der Waals surface area contributed by atoms with E-state index in [1.165, 1.54) is 10.4 Å². The van der Waals surface area contributed by atoms with Crippen LogP contribution in [0.3, 0.4) is 0 Å². The minimum Gasteiger partial charge on any atom is -0.352 e. The van der Waals surface area contributed by atoms with E-state index in [0.717, 1.165) is 36.9 Å². The summed E-state index contributed by atoms with van der Waals surface area (Å²) in [6.45, 7) is 7.16. The molecule has 0 atom stereocenters. The molecule has 1 saturated heterocycles. The highest BCUT2D eigenvalue weighted by Crippen LogP contribution is 2.23. The van der Waals surface area contributed by atoms with Crippen LogP contribution < -0.4 is 4.90 Å². The quantitative estimate of drug-likeness (QED) is 0.852. The smallest absolute Gasteiger partial charge is 0.264 e. The standard InChI is InChI=1S/C15H18N4OS/c1-11-9-13(21-12(11)2)15(20)19-7-5-18(6-8-19)14-10-16-3-4-17-14/h3-4,9-10H,5-8H2,1-2H3. The predicted octanol–water partition coefficient (Wildman–Crippen LogP) is 2.12. The molecule has 6 heteroatoms. The number of aryl methyl sites for hydroxylation is 2. The van der Waals surface area contributed by atoms with Crippen molar-refractivity contribution in [2.24, 2.45) is 0 Å². The van der Waals surface area contributed by atoms with Crippen molar-refractivity contribution in [3.05, 3.63) is 40.0 Å². The molecule has 0 saturated carbocycles. The summed E-state index contributed by atoms with van der Waals surface area (Å²) < 4.78 is 0. The highest BCUT2D eigenvalue weighted by Gasteiger charge is 2.24. The normalized spacial score (nSPS) is 15.3. The molecule has 0 unspecified atom stereocenters. The van der Waals surface area contributed by atoms with Gasteiger partial charge in [-0.15, -0.1) is 11.3 Å². The Morgan fingerprint density at radius 2 is 1.95 bits per heavy atom. The van der Waals surface area contributed by atoms with Gasteiger partial charge in [0.25, 0.3) is 5.91 Å². The van der Waals surface area contributed by atoms with Crippen LogP contribution in [0.4, 0.5) is 5.82 Å². The number of rotatable bonds is 2. The molecule has 1 aliphatic heterocycles. The van der Waals surface area contributed by atoms with Gasteiger partial charge in [0.05, 0.1) is 11.1 Å². The van der Waals surface area contributed by atoms with E-state index in [1.54, 1.807) is 29.9 Å². The number of thiophene rings is 1. The molecule has 0 spiro atoms. The van der Waals surface area contributed by atoms with Gasteiger partial charge in [-0.05, 0) is 25.5 Å². The number of anilines is 1. The molecule has 0 aliphatic carbocycles. The van der Waals surface area contributed by atoms with E-state index in [4.69, 9.17) is 0 Å². The van der Waals surface area contributed by atoms with Crippen molar-refractivity contribution < 1.29 is 4.79 Å². The van der Waals surface area contributed by atoms with Gasteiger partial charge >= 0.3 is 0 Å². The molecule has 21 heavy (non-hydrogen) atoms. The summed E-state index contributed by atoms with van der Waals surface area (Å²) in [5.41, 5.74) is 1.20. The summed E-state index contributed by atoms with van der Waals surface area (Å²) >= 11 is 1.59. The fourth-order valence-electron chi connectivity index (χ4n) is 2.43. The molecule has 1 fully saturated rings. The molecule has 1 aliphatic rings. The monoisotopic (exact) mass is 302 g/mol. The number of hydrogen-bond acceptors (Lipinski definition) is 5. The van der Waals surface area contributed by atoms with Crippen LogP contribution in [-0.2, 0) is 0 Å². The van der Waals surface area contributed by atoms with Crippen molar-refractivity contribution in [3.8, 4) is 0 Å². The number of hydrogen-bond donors (Lipinski definition) is 0. The number of aromatic nitrogens is 2. The molecule has 3 rings (SSSR count). The molecule has 110 valence electrons. The van der Waals surface area contributed by atoms with Gasteiger partial charge in [-0.1, -0.05) is 0 Å². The third-order valence-corrected chi connectivity index (χ3v) is 4.96. The second-order valence-corrected chi connectivity index (χ2v) is 6.45. The maximum Gasteiger partial charge on any atom is 0.264 e. The Hall–Kier alpha value is -1.95. The summed E-state index contributed by atoms with van der Waals surface area (Å²) in [7, 11) is 0. The molecule has 0 aromatic carbocycles. The van der Waals surface area contributed by atoms with E-state index in [2.05, 4.69) is 28.7 Å². The minimum atomic E-state index is 0.148. The summed E-state index contributed by atoms with van der Waals surface area (Å²) in [5.74, 6) is 1.03. The van der Waals surface area contributed by atoms with E-state index in [9.17, 15) is 4.79 Å². The fourth-order valence-corrected chi connectivity index (χ4v) is 3.43. The first-order valence-electron chi connectivity index (χ1n) is 7.02. The number of carbonyl (C=O) groups excluding carboxylic acids is 1. The van der Waals surface area contributed by atoms with E-state index in [0.29, 0.717) is 0 Å². The Bertz CT molecular complexity index is 613. The molecular weight excluding hydrogens is 284 g/mol. The molecule has 2 aromatic heterocycles. The zero-order chi connectivity index (χ0) is 14.8. The first kappa shape index (κ1) is 14.0. The zero-order valence-corrected chi connectivity index (χ0v) is 13.1. The fraction of sp³-hybridized carbons (Fsp3) is 0.400. The molecule has 2 aromatic rings. The summed E-state index contributed by atoms with van der Waals surface area (Å²) in [4.78, 5) is 27.1. The Balaban J connectivity index is 1.64. The van der Waals surface area contributed by atoms with Crippen LogP contribution in [0.2, 0.25) is 0 Å². The topological polar surface area (TPSA) is 49.3 Å². The van der Waals surface area contributed by atoms with Crippen molar-refractivity contribution >= 4 is 23.1 Å². The Labute approximate surface area is 128 Å². The van der Waals surface area contributed by atoms with Gasteiger partial charge in [0.15, 0.2) is 0 Å². The van der Waals surface area contributed by atoms with Crippen molar-refractivity contribution in [1.29, 1.82) is 0 Å². The molecule has 0 bridgehead atoms. The van der Waals surface area contributed by atoms with Crippen LogP contribution in [-0.4, -0.2) is 47.0 Å². The van der Waals surface area contributed by atoms with Gasteiger partial charge in [-0.3, -0.25) is 9.78 Å². The van der Waals surface area contributed by atoms with Gasteiger partial charge in [-0.2, -0.15) is 0 Å². The number of amides is 1. The molecule has 3 heterocycles.